The Labute approximate surface area is 245 Å². The van der Waals surface area contributed by atoms with E-state index in [9.17, 15) is 29.4 Å². The second-order valence-electron chi connectivity index (χ2n) is 11.2. The van der Waals surface area contributed by atoms with Crippen LogP contribution in [0.25, 0.3) is 17.0 Å². The van der Waals surface area contributed by atoms with Crippen molar-refractivity contribution < 1.29 is 34.1 Å². The first-order chi connectivity index (χ1) is 19.7. The molecular formula is C30H41N5O7. The number of hydrogen-bond donors (Lipinski definition) is 5. The molecule has 2 heterocycles. The number of aliphatic hydroxyl groups excluding tert-OH is 1. The Bertz CT molecular complexity index is 1340. The van der Waals surface area contributed by atoms with Gasteiger partial charge in [0.2, 0.25) is 5.91 Å². The van der Waals surface area contributed by atoms with Crippen molar-refractivity contribution in [2.24, 2.45) is 5.41 Å². The van der Waals surface area contributed by atoms with Crippen LogP contribution in [0, 0.1) is 5.41 Å². The van der Waals surface area contributed by atoms with E-state index in [4.69, 9.17) is 9.72 Å². The van der Waals surface area contributed by atoms with Crippen molar-refractivity contribution in [3.63, 3.8) is 0 Å². The first kappa shape index (κ1) is 32.6. The molecule has 1 unspecified atom stereocenters. The van der Waals surface area contributed by atoms with E-state index in [2.05, 4.69) is 16.1 Å². The lowest BCUT2D eigenvalue weighted by molar-refractivity contribution is -0.146. The first-order valence-corrected chi connectivity index (χ1v) is 14.0. The van der Waals surface area contributed by atoms with Gasteiger partial charge in [-0.25, -0.2) is 5.43 Å². The summed E-state index contributed by atoms with van der Waals surface area (Å²) in [4.78, 5) is 54.4. The topological polar surface area (TPSA) is 170 Å². The molecule has 1 saturated heterocycles. The highest BCUT2D eigenvalue weighted by molar-refractivity contribution is 5.90. The number of amides is 3. The quantitative estimate of drug-likeness (QED) is 0.265. The molecule has 2 aromatic rings. The van der Waals surface area contributed by atoms with Crippen LogP contribution in [0.2, 0.25) is 0 Å². The van der Waals surface area contributed by atoms with Crippen molar-refractivity contribution in [2.75, 3.05) is 13.7 Å². The third-order valence-corrected chi connectivity index (χ3v) is 7.37. The number of nitrogens with one attached hydrogen (secondary N) is 3. The van der Waals surface area contributed by atoms with Crippen LogP contribution in [0.1, 0.15) is 64.8 Å². The predicted molar refractivity (Wildman–Crippen MR) is 157 cm³/mol. The zero-order chi connectivity index (χ0) is 31.2. The van der Waals surface area contributed by atoms with Crippen LogP contribution < -0.4 is 16.1 Å². The van der Waals surface area contributed by atoms with Crippen molar-refractivity contribution in [1.82, 2.24) is 26.1 Å². The molecule has 3 amide bonds. The van der Waals surface area contributed by atoms with Crippen molar-refractivity contribution in [3.05, 3.63) is 47.7 Å². The highest BCUT2D eigenvalue weighted by Gasteiger charge is 2.32. The van der Waals surface area contributed by atoms with E-state index < -0.39 is 53.5 Å². The van der Waals surface area contributed by atoms with Gasteiger partial charge in [0, 0.05) is 19.0 Å². The van der Waals surface area contributed by atoms with Crippen molar-refractivity contribution in [2.45, 2.75) is 77.8 Å². The third kappa shape index (κ3) is 8.11. The highest BCUT2D eigenvalue weighted by Crippen LogP contribution is 2.22. The van der Waals surface area contributed by atoms with Crippen molar-refractivity contribution >= 4 is 40.7 Å². The Morgan fingerprint density at radius 3 is 2.50 bits per heavy atom. The number of ether oxygens (including phenoxy) is 1. The Morgan fingerprint density at radius 1 is 1.14 bits per heavy atom. The molecule has 0 radical (unpaired) electrons. The lowest BCUT2D eigenvalue weighted by Crippen LogP contribution is -2.61. The second-order valence-corrected chi connectivity index (χ2v) is 11.2. The molecule has 12 nitrogen and oxygen atoms in total. The van der Waals surface area contributed by atoms with Crippen LogP contribution in [0.15, 0.2) is 36.4 Å². The average Bonchev–Trinajstić information content (AvgIpc) is 2.98. The molecule has 1 aliphatic rings. The maximum atomic E-state index is 13.1. The molecule has 1 aliphatic heterocycles. The number of aromatic nitrogens is 1. The van der Waals surface area contributed by atoms with E-state index in [1.807, 2.05) is 37.3 Å². The number of aliphatic hydroxyl groups is 1. The maximum Gasteiger partial charge on any atom is 0.312 e. The summed E-state index contributed by atoms with van der Waals surface area (Å²) in [5, 5.41) is 27.0. The first-order valence-electron chi connectivity index (χ1n) is 14.0. The number of carboxylic acids is 1. The maximum absolute atomic E-state index is 13.1. The SMILES string of the molecule is CO[C@@H](C)C(O)C(=O)N[C@@H](C)C(=O)N1CCC[C@@H](C(=O)N[C@H](C)c2ccc3ccc(/C=C/C(C)(C)C(=O)O)cc3n2)N1. The lowest BCUT2D eigenvalue weighted by atomic mass is 9.92. The molecule has 12 heteroatoms. The van der Waals surface area contributed by atoms with Crippen LogP contribution in [-0.2, 0) is 23.9 Å². The normalized spacial score (nSPS) is 18.7. The lowest BCUT2D eigenvalue weighted by Gasteiger charge is -2.35. The Balaban J connectivity index is 1.63. The molecule has 0 aliphatic carbocycles. The Hall–Kier alpha value is -3.87. The van der Waals surface area contributed by atoms with Gasteiger partial charge in [0.05, 0.1) is 28.8 Å². The average molecular weight is 584 g/mol. The number of carbonyl (C=O) groups excluding carboxylic acids is 3. The number of benzene rings is 1. The molecule has 1 fully saturated rings. The van der Waals surface area contributed by atoms with Gasteiger partial charge in [-0.15, -0.1) is 0 Å². The van der Waals surface area contributed by atoms with Gasteiger partial charge in [0.1, 0.15) is 12.1 Å². The summed E-state index contributed by atoms with van der Waals surface area (Å²) in [6.45, 7) is 8.48. The minimum atomic E-state index is -1.42. The van der Waals surface area contributed by atoms with Gasteiger partial charge >= 0.3 is 5.97 Å². The summed E-state index contributed by atoms with van der Waals surface area (Å²) >= 11 is 0. The fraction of sp³-hybridized carbons (Fsp3) is 0.500. The fourth-order valence-electron chi connectivity index (χ4n) is 4.33. The van der Waals surface area contributed by atoms with Gasteiger partial charge in [-0.1, -0.05) is 30.4 Å². The van der Waals surface area contributed by atoms with E-state index in [-0.39, 0.29) is 5.91 Å². The van der Waals surface area contributed by atoms with Crippen LogP contribution in [0.4, 0.5) is 0 Å². The molecule has 0 bridgehead atoms. The number of hydrogen-bond acceptors (Lipinski definition) is 8. The molecule has 5 N–H and O–H groups in total. The zero-order valence-electron chi connectivity index (χ0n) is 24.9. The molecule has 3 rings (SSSR count). The number of nitrogens with zero attached hydrogens (tertiary/aromatic N) is 2. The van der Waals surface area contributed by atoms with Crippen LogP contribution in [0.3, 0.4) is 0 Å². The van der Waals surface area contributed by atoms with Crippen LogP contribution >= 0.6 is 0 Å². The fourth-order valence-corrected chi connectivity index (χ4v) is 4.33. The minimum Gasteiger partial charge on any atom is -0.481 e. The number of pyridine rings is 1. The van der Waals surface area contributed by atoms with Gasteiger partial charge in [-0.05, 0) is 65.2 Å². The number of aliphatic carboxylic acids is 1. The van der Waals surface area contributed by atoms with E-state index >= 15 is 0 Å². The molecule has 42 heavy (non-hydrogen) atoms. The monoisotopic (exact) mass is 583 g/mol. The molecule has 0 saturated carbocycles. The molecule has 1 aromatic heterocycles. The molecule has 0 spiro atoms. The summed E-state index contributed by atoms with van der Waals surface area (Å²) in [5.41, 5.74) is 4.11. The number of rotatable bonds is 11. The standard InChI is InChI=1S/C30H41N5O7/c1-17(22-12-11-21-10-9-20(16-24(21)33-22)13-14-30(4,5)29(40)41)31-26(37)23-8-7-15-35(34-23)28(39)18(2)32-27(38)25(36)19(3)42-6/h9-14,16-19,23,25,34,36H,7-8,15H2,1-6H3,(H,31,37)(H,32,38)(H,40,41)/b14-13+/t17-,18+,19+,23+,25?/m1/s1. The number of hydrazine groups is 1. The van der Waals surface area contributed by atoms with Gasteiger partial charge in [0.15, 0.2) is 6.10 Å². The van der Waals surface area contributed by atoms with Crippen molar-refractivity contribution in [3.8, 4) is 0 Å². The molecular weight excluding hydrogens is 542 g/mol. The number of carboxylic acid groups (broad SMARTS) is 1. The number of carbonyl (C=O) groups is 4. The van der Waals surface area contributed by atoms with Gasteiger partial charge < -0.3 is 25.6 Å². The van der Waals surface area contributed by atoms with Crippen LogP contribution in [0.5, 0.6) is 0 Å². The van der Waals surface area contributed by atoms with Crippen molar-refractivity contribution in [1.29, 1.82) is 0 Å². The molecule has 5 atom stereocenters. The van der Waals surface area contributed by atoms with E-state index in [1.165, 1.54) is 19.0 Å². The number of methoxy groups -OCH3 is 1. The summed E-state index contributed by atoms with van der Waals surface area (Å²) in [6, 6.07) is 7.38. The van der Waals surface area contributed by atoms with E-state index in [0.29, 0.717) is 30.6 Å². The van der Waals surface area contributed by atoms with Gasteiger partial charge in [0.25, 0.3) is 11.8 Å². The predicted octanol–water partition coefficient (Wildman–Crippen LogP) is 1.93. The Kier molecular flexibility index (Phi) is 10.8. The smallest absolute Gasteiger partial charge is 0.312 e. The number of fused-ring (bicyclic) bond motifs is 1. The summed E-state index contributed by atoms with van der Waals surface area (Å²) in [5.74, 6) is -2.37. The summed E-state index contributed by atoms with van der Waals surface area (Å²) in [7, 11) is 1.37. The second kappa shape index (κ2) is 13.9. The Morgan fingerprint density at radius 2 is 1.83 bits per heavy atom. The molecule has 1 aromatic carbocycles. The minimum absolute atomic E-state index is 0.296. The summed E-state index contributed by atoms with van der Waals surface area (Å²) < 4.78 is 4.96. The van der Waals surface area contributed by atoms with Gasteiger partial charge in [-0.2, -0.15) is 0 Å². The third-order valence-electron chi connectivity index (χ3n) is 7.37. The van der Waals surface area contributed by atoms with E-state index in [1.54, 1.807) is 32.9 Å². The van der Waals surface area contributed by atoms with Gasteiger partial charge in [-0.3, -0.25) is 29.2 Å². The van der Waals surface area contributed by atoms with E-state index in [0.717, 1.165) is 10.9 Å². The highest BCUT2D eigenvalue weighted by atomic mass is 16.5. The summed E-state index contributed by atoms with van der Waals surface area (Å²) in [6.07, 6.45) is 2.33. The van der Waals surface area contributed by atoms with Crippen LogP contribution in [-0.4, -0.2) is 81.8 Å². The molecule has 228 valence electrons. The largest absolute Gasteiger partial charge is 0.481 e. The zero-order valence-corrected chi connectivity index (χ0v) is 24.9.